The maximum absolute atomic E-state index is 14.0. The molecule has 0 aromatic heterocycles. The zero-order chi connectivity index (χ0) is 28.6. The number of carbonyl (C=O) groups is 2. The standard InChI is InChI=1S/C31H36N2O6S/c1-21(34)39-29-30(23-11-13-24(36-3)14-12-23)40-28-9-7-6-8-25(28)33(31(29)35)19-18-32(2)17-16-22-10-15-26(37-4)27(20-22)38-5/h6-15,20,29-30H,16-19H2,1-5H3/t29-,30+/m1/s1. The number of rotatable bonds is 11. The van der Waals surface area contributed by atoms with Gasteiger partial charge in [-0.2, -0.15) is 0 Å². The zero-order valence-electron chi connectivity index (χ0n) is 23.6. The summed E-state index contributed by atoms with van der Waals surface area (Å²) < 4.78 is 21.8. The molecule has 0 saturated carbocycles. The number of para-hydroxylation sites is 1. The Bertz CT molecular complexity index is 1320. The number of hydrogen-bond acceptors (Lipinski definition) is 8. The highest BCUT2D eigenvalue weighted by Gasteiger charge is 2.40. The molecule has 9 heteroatoms. The molecule has 212 valence electrons. The molecule has 0 bridgehead atoms. The van der Waals surface area contributed by atoms with Gasteiger partial charge in [-0.05, 0) is 61.0 Å². The second-order valence-electron chi connectivity index (χ2n) is 9.54. The molecule has 1 aliphatic heterocycles. The highest BCUT2D eigenvalue weighted by molar-refractivity contribution is 7.99. The molecular formula is C31H36N2O6S. The minimum absolute atomic E-state index is 0.234. The van der Waals surface area contributed by atoms with Crippen LogP contribution in [-0.2, 0) is 20.7 Å². The molecule has 0 fully saturated rings. The molecule has 1 heterocycles. The van der Waals surface area contributed by atoms with Gasteiger partial charge in [0, 0.05) is 31.5 Å². The number of esters is 1. The van der Waals surface area contributed by atoms with E-state index in [1.54, 1.807) is 26.2 Å². The fourth-order valence-corrected chi connectivity index (χ4v) is 6.00. The van der Waals surface area contributed by atoms with E-state index in [2.05, 4.69) is 4.90 Å². The maximum atomic E-state index is 14.0. The van der Waals surface area contributed by atoms with Crippen molar-refractivity contribution in [3.8, 4) is 17.2 Å². The Balaban J connectivity index is 1.53. The van der Waals surface area contributed by atoms with Crippen molar-refractivity contribution in [2.24, 2.45) is 0 Å². The quantitative estimate of drug-likeness (QED) is 0.301. The van der Waals surface area contributed by atoms with Crippen molar-refractivity contribution in [3.63, 3.8) is 0 Å². The van der Waals surface area contributed by atoms with Crippen LogP contribution in [0.15, 0.2) is 71.6 Å². The molecule has 0 spiro atoms. The van der Waals surface area contributed by atoms with Crippen LogP contribution in [0.4, 0.5) is 5.69 Å². The van der Waals surface area contributed by atoms with E-state index in [0.717, 1.165) is 40.4 Å². The first kappa shape index (κ1) is 29.3. The first-order valence-electron chi connectivity index (χ1n) is 13.1. The number of likely N-dealkylation sites (N-methyl/N-ethyl adjacent to an activating group) is 1. The average Bonchev–Trinajstić information content (AvgIpc) is 3.08. The van der Waals surface area contributed by atoms with Gasteiger partial charge in [0.1, 0.15) is 5.75 Å². The van der Waals surface area contributed by atoms with Gasteiger partial charge in [0.25, 0.3) is 5.91 Å². The summed E-state index contributed by atoms with van der Waals surface area (Å²) in [5.41, 5.74) is 2.84. The molecular weight excluding hydrogens is 528 g/mol. The molecule has 3 aromatic carbocycles. The highest BCUT2D eigenvalue weighted by Crippen LogP contribution is 2.46. The Morgan fingerprint density at radius 1 is 0.925 bits per heavy atom. The number of carbonyl (C=O) groups excluding carboxylic acids is 2. The predicted molar refractivity (Wildman–Crippen MR) is 157 cm³/mol. The minimum Gasteiger partial charge on any atom is -0.497 e. The fourth-order valence-electron chi connectivity index (χ4n) is 4.68. The van der Waals surface area contributed by atoms with Crippen molar-refractivity contribution in [2.45, 2.75) is 29.6 Å². The molecule has 4 rings (SSSR count). The summed E-state index contributed by atoms with van der Waals surface area (Å²) in [6.45, 7) is 3.22. The van der Waals surface area contributed by atoms with Crippen LogP contribution in [0.3, 0.4) is 0 Å². The number of thioether (sulfide) groups is 1. The third kappa shape index (κ3) is 6.89. The van der Waals surface area contributed by atoms with E-state index in [1.165, 1.54) is 18.7 Å². The zero-order valence-corrected chi connectivity index (χ0v) is 24.4. The van der Waals surface area contributed by atoms with Gasteiger partial charge in [0.2, 0.25) is 0 Å². The van der Waals surface area contributed by atoms with Gasteiger partial charge in [-0.1, -0.05) is 30.3 Å². The third-order valence-electron chi connectivity index (χ3n) is 6.87. The number of anilines is 1. The van der Waals surface area contributed by atoms with E-state index >= 15 is 0 Å². The minimum atomic E-state index is -0.972. The maximum Gasteiger partial charge on any atom is 0.303 e. The SMILES string of the molecule is COc1ccc([C@@H]2Sc3ccccc3N(CCN(C)CCc3ccc(OC)c(OC)c3)C(=O)[C@@H]2OC(C)=O)cc1. The summed E-state index contributed by atoms with van der Waals surface area (Å²) in [5.74, 6) is 1.40. The van der Waals surface area contributed by atoms with Crippen LogP contribution < -0.4 is 19.1 Å². The predicted octanol–water partition coefficient (Wildman–Crippen LogP) is 5.00. The van der Waals surface area contributed by atoms with Gasteiger partial charge < -0.3 is 28.7 Å². The van der Waals surface area contributed by atoms with Crippen molar-refractivity contribution in [1.29, 1.82) is 0 Å². The van der Waals surface area contributed by atoms with Gasteiger partial charge in [0.15, 0.2) is 17.6 Å². The van der Waals surface area contributed by atoms with Crippen molar-refractivity contribution in [2.75, 3.05) is 52.9 Å². The lowest BCUT2D eigenvalue weighted by Crippen LogP contribution is -2.45. The Kier molecular flexibility index (Phi) is 9.95. The van der Waals surface area contributed by atoms with Crippen molar-refractivity contribution in [3.05, 3.63) is 77.9 Å². The Hall–Kier alpha value is -3.69. The van der Waals surface area contributed by atoms with E-state index in [0.29, 0.717) is 24.6 Å². The molecule has 0 N–H and O–H groups in total. The Labute approximate surface area is 240 Å². The number of benzene rings is 3. The van der Waals surface area contributed by atoms with E-state index in [4.69, 9.17) is 18.9 Å². The van der Waals surface area contributed by atoms with E-state index < -0.39 is 17.3 Å². The topological polar surface area (TPSA) is 77.5 Å². The summed E-state index contributed by atoms with van der Waals surface area (Å²) >= 11 is 1.53. The average molecular weight is 565 g/mol. The number of hydrogen-bond donors (Lipinski definition) is 0. The van der Waals surface area contributed by atoms with E-state index in [-0.39, 0.29) is 5.91 Å². The first-order valence-corrected chi connectivity index (χ1v) is 14.0. The van der Waals surface area contributed by atoms with Crippen molar-refractivity contribution < 1.29 is 28.5 Å². The van der Waals surface area contributed by atoms with Gasteiger partial charge in [-0.25, -0.2) is 0 Å². The monoisotopic (exact) mass is 564 g/mol. The second kappa shape index (κ2) is 13.6. The number of amides is 1. The molecule has 8 nitrogen and oxygen atoms in total. The number of nitrogens with zero attached hydrogens (tertiary/aromatic N) is 2. The van der Waals surface area contributed by atoms with Gasteiger partial charge in [-0.15, -0.1) is 11.8 Å². The molecule has 3 aromatic rings. The Morgan fingerprint density at radius 2 is 1.65 bits per heavy atom. The van der Waals surface area contributed by atoms with Crippen LogP contribution in [-0.4, -0.2) is 70.9 Å². The molecule has 1 aliphatic rings. The summed E-state index contributed by atoms with van der Waals surface area (Å²) in [6.07, 6.45) is -0.160. The van der Waals surface area contributed by atoms with Crippen LogP contribution in [0.2, 0.25) is 0 Å². The summed E-state index contributed by atoms with van der Waals surface area (Å²) in [5, 5.41) is -0.406. The molecule has 0 radical (unpaired) electrons. The smallest absolute Gasteiger partial charge is 0.303 e. The third-order valence-corrected chi connectivity index (χ3v) is 8.24. The lowest BCUT2D eigenvalue weighted by molar-refractivity contribution is -0.152. The summed E-state index contributed by atoms with van der Waals surface area (Å²) in [6, 6.07) is 21.3. The lowest BCUT2D eigenvalue weighted by Gasteiger charge is -2.29. The molecule has 1 amide bonds. The van der Waals surface area contributed by atoms with Crippen LogP contribution in [0.1, 0.15) is 23.3 Å². The normalized spacial score (nSPS) is 16.8. The molecule has 40 heavy (non-hydrogen) atoms. The molecule has 0 saturated heterocycles. The van der Waals surface area contributed by atoms with Gasteiger partial charge >= 0.3 is 5.97 Å². The van der Waals surface area contributed by atoms with Gasteiger partial charge in [0.05, 0.1) is 32.3 Å². The highest BCUT2D eigenvalue weighted by atomic mass is 32.2. The fraction of sp³-hybridized carbons (Fsp3) is 0.355. The van der Waals surface area contributed by atoms with Crippen LogP contribution in [0.5, 0.6) is 17.2 Å². The van der Waals surface area contributed by atoms with Crippen molar-refractivity contribution >= 4 is 29.3 Å². The molecule has 0 unspecified atom stereocenters. The van der Waals surface area contributed by atoms with Gasteiger partial charge in [-0.3, -0.25) is 9.59 Å². The Morgan fingerprint density at radius 3 is 2.33 bits per heavy atom. The molecule has 0 aliphatic carbocycles. The van der Waals surface area contributed by atoms with Crippen molar-refractivity contribution in [1.82, 2.24) is 4.90 Å². The molecule has 2 atom stereocenters. The summed E-state index contributed by atoms with van der Waals surface area (Å²) in [4.78, 5) is 31.1. The number of methoxy groups -OCH3 is 3. The number of ether oxygens (including phenoxy) is 4. The van der Waals surface area contributed by atoms with Crippen LogP contribution >= 0.6 is 11.8 Å². The first-order chi connectivity index (χ1) is 19.3. The second-order valence-corrected chi connectivity index (χ2v) is 10.7. The lowest BCUT2D eigenvalue weighted by atomic mass is 10.1. The number of fused-ring (bicyclic) bond motifs is 1. The summed E-state index contributed by atoms with van der Waals surface area (Å²) in [7, 11) is 6.90. The van der Waals surface area contributed by atoms with E-state index in [1.807, 2.05) is 73.8 Å². The van der Waals surface area contributed by atoms with E-state index in [9.17, 15) is 9.59 Å². The van der Waals surface area contributed by atoms with Crippen LogP contribution in [0, 0.1) is 0 Å². The van der Waals surface area contributed by atoms with Crippen LogP contribution in [0.25, 0.3) is 0 Å². The largest absolute Gasteiger partial charge is 0.497 e.